The molecule has 3 aromatic rings. The number of carbonyl (C=O) groups excluding carboxylic acids is 1. The zero-order valence-corrected chi connectivity index (χ0v) is 20.9. The van der Waals surface area contributed by atoms with Gasteiger partial charge in [0.2, 0.25) is 11.6 Å². The van der Waals surface area contributed by atoms with E-state index in [0.717, 1.165) is 18.2 Å². The highest BCUT2D eigenvalue weighted by atomic mass is 19.2. The number of carbonyl (C=O) groups is 1. The standard InChI is InChI=1S/C29H26F6O4/c1-2-3-20(36)18-9-8-16(23(30)25(18)32)14-4-6-15(7-5-14)17-11-13-22(28(35)24(17)31)39-29(38)19-10-12-21(37)27(34)26(19)33/h8-15,20,36-37H,2-7H2,1H3. The van der Waals surface area contributed by atoms with E-state index in [2.05, 4.69) is 0 Å². The number of aliphatic hydroxyl groups excluding tert-OH is 1. The van der Waals surface area contributed by atoms with E-state index in [4.69, 9.17) is 9.84 Å². The Bertz CT molecular complexity index is 1380. The van der Waals surface area contributed by atoms with E-state index in [1.807, 2.05) is 6.92 Å². The minimum Gasteiger partial charge on any atom is -0.505 e. The van der Waals surface area contributed by atoms with E-state index in [1.54, 1.807) is 0 Å². The Kier molecular flexibility index (Phi) is 8.54. The van der Waals surface area contributed by atoms with Gasteiger partial charge in [0.05, 0.1) is 11.7 Å². The van der Waals surface area contributed by atoms with Crippen LogP contribution in [0.25, 0.3) is 0 Å². The normalized spacial score (nSPS) is 18.2. The quantitative estimate of drug-likeness (QED) is 0.179. The first kappa shape index (κ1) is 28.5. The fourth-order valence-corrected chi connectivity index (χ4v) is 5.09. The first-order chi connectivity index (χ1) is 18.5. The minimum atomic E-state index is -1.70. The third-order valence-electron chi connectivity index (χ3n) is 7.23. The second-order valence-electron chi connectivity index (χ2n) is 9.66. The van der Waals surface area contributed by atoms with Crippen molar-refractivity contribution in [2.24, 2.45) is 0 Å². The van der Waals surface area contributed by atoms with Gasteiger partial charge < -0.3 is 14.9 Å². The topological polar surface area (TPSA) is 66.8 Å². The summed E-state index contributed by atoms with van der Waals surface area (Å²) in [6.07, 6.45) is 1.25. The average Bonchev–Trinajstić information content (AvgIpc) is 2.92. The molecule has 1 aliphatic carbocycles. The lowest BCUT2D eigenvalue weighted by Gasteiger charge is -2.30. The van der Waals surface area contributed by atoms with Gasteiger partial charge in [0.1, 0.15) is 0 Å². The maximum atomic E-state index is 14.9. The Hall–Kier alpha value is -3.53. The summed E-state index contributed by atoms with van der Waals surface area (Å²) < 4.78 is 91.4. The van der Waals surface area contributed by atoms with Gasteiger partial charge in [-0.05, 0) is 73.3 Å². The molecule has 0 amide bonds. The molecule has 4 rings (SSSR count). The first-order valence-electron chi connectivity index (χ1n) is 12.6. The van der Waals surface area contributed by atoms with Crippen LogP contribution in [0.4, 0.5) is 26.3 Å². The second kappa shape index (κ2) is 11.7. The van der Waals surface area contributed by atoms with Crippen molar-refractivity contribution >= 4 is 5.97 Å². The molecule has 208 valence electrons. The number of phenols is 1. The number of esters is 1. The van der Waals surface area contributed by atoms with Crippen molar-refractivity contribution in [3.8, 4) is 11.5 Å². The highest BCUT2D eigenvalue weighted by Crippen LogP contribution is 2.43. The molecule has 0 spiro atoms. The molecule has 0 aromatic heterocycles. The minimum absolute atomic E-state index is 0.0114. The molecule has 3 aromatic carbocycles. The van der Waals surface area contributed by atoms with E-state index in [-0.39, 0.29) is 22.6 Å². The van der Waals surface area contributed by atoms with Gasteiger partial charge in [0.25, 0.3) is 0 Å². The molecule has 1 aliphatic rings. The molecule has 0 radical (unpaired) electrons. The van der Waals surface area contributed by atoms with Gasteiger partial charge in [-0.15, -0.1) is 0 Å². The van der Waals surface area contributed by atoms with Crippen molar-refractivity contribution in [3.63, 3.8) is 0 Å². The molecule has 0 aliphatic heterocycles. The van der Waals surface area contributed by atoms with E-state index in [1.165, 1.54) is 18.2 Å². The number of aromatic hydroxyl groups is 1. The predicted molar refractivity (Wildman–Crippen MR) is 130 cm³/mol. The maximum Gasteiger partial charge on any atom is 0.346 e. The zero-order valence-electron chi connectivity index (χ0n) is 20.9. The van der Waals surface area contributed by atoms with Crippen LogP contribution in [0.2, 0.25) is 0 Å². The van der Waals surface area contributed by atoms with Crippen LogP contribution in [0.3, 0.4) is 0 Å². The van der Waals surface area contributed by atoms with E-state index >= 15 is 0 Å². The Morgan fingerprint density at radius 3 is 1.95 bits per heavy atom. The lowest BCUT2D eigenvalue weighted by molar-refractivity contribution is 0.0720. The Morgan fingerprint density at radius 1 is 0.795 bits per heavy atom. The molecule has 0 saturated heterocycles. The zero-order chi connectivity index (χ0) is 28.4. The number of phenolic OH excluding ortho intramolecular Hbond substituents is 1. The van der Waals surface area contributed by atoms with Crippen LogP contribution in [0.1, 0.15) is 90.4 Å². The van der Waals surface area contributed by atoms with Crippen LogP contribution < -0.4 is 4.74 Å². The van der Waals surface area contributed by atoms with Gasteiger partial charge in [-0.1, -0.05) is 31.5 Å². The molecule has 1 fully saturated rings. The van der Waals surface area contributed by atoms with Crippen molar-refractivity contribution in [2.45, 2.75) is 63.4 Å². The van der Waals surface area contributed by atoms with Crippen molar-refractivity contribution in [1.29, 1.82) is 0 Å². The van der Waals surface area contributed by atoms with E-state index in [9.17, 15) is 36.2 Å². The third kappa shape index (κ3) is 5.61. The van der Waals surface area contributed by atoms with Crippen molar-refractivity contribution < 1.29 is 46.1 Å². The lowest BCUT2D eigenvalue weighted by Crippen LogP contribution is -2.17. The average molecular weight is 553 g/mol. The Morgan fingerprint density at radius 2 is 1.36 bits per heavy atom. The summed E-state index contributed by atoms with van der Waals surface area (Å²) in [5.74, 6) is -12.4. The first-order valence-corrected chi connectivity index (χ1v) is 12.6. The third-order valence-corrected chi connectivity index (χ3v) is 7.23. The van der Waals surface area contributed by atoms with Crippen molar-refractivity contribution in [2.75, 3.05) is 0 Å². The molecular weight excluding hydrogens is 526 g/mol. The van der Waals surface area contributed by atoms with Gasteiger partial charge in [-0.3, -0.25) is 0 Å². The van der Waals surface area contributed by atoms with Gasteiger partial charge in [0.15, 0.2) is 34.8 Å². The summed E-state index contributed by atoms with van der Waals surface area (Å²) >= 11 is 0. The molecular formula is C29H26F6O4. The number of aliphatic hydroxyl groups is 1. The highest BCUT2D eigenvalue weighted by molar-refractivity contribution is 5.91. The summed E-state index contributed by atoms with van der Waals surface area (Å²) in [7, 11) is 0. The summed E-state index contributed by atoms with van der Waals surface area (Å²) in [5.41, 5.74) is -0.824. The molecule has 2 N–H and O–H groups in total. The molecule has 4 nitrogen and oxygen atoms in total. The number of ether oxygens (including phenoxy) is 1. The molecule has 39 heavy (non-hydrogen) atoms. The van der Waals surface area contributed by atoms with Crippen LogP contribution in [0, 0.1) is 34.9 Å². The van der Waals surface area contributed by atoms with E-state index < -0.39 is 70.0 Å². The Balaban J connectivity index is 1.46. The number of hydrogen-bond acceptors (Lipinski definition) is 4. The predicted octanol–water partition coefficient (Wildman–Crippen LogP) is 7.72. The molecule has 10 heteroatoms. The van der Waals surface area contributed by atoms with Gasteiger partial charge in [-0.25, -0.2) is 22.4 Å². The van der Waals surface area contributed by atoms with Gasteiger partial charge in [0, 0.05) is 5.56 Å². The summed E-state index contributed by atoms with van der Waals surface area (Å²) in [6.45, 7) is 1.82. The van der Waals surface area contributed by atoms with E-state index in [0.29, 0.717) is 38.5 Å². The Labute approximate surface area is 220 Å². The largest absolute Gasteiger partial charge is 0.505 e. The smallest absolute Gasteiger partial charge is 0.346 e. The fraction of sp³-hybridized carbons (Fsp3) is 0.345. The molecule has 0 bridgehead atoms. The molecule has 1 atom stereocenters. The molecule has 1 saturated carbocycles. The number of halogens is 6. The summed E-state index contributed by atoms with van der Waals surface area (Å²) in [5, 5.41) is 19.2. The fourth-order valence-electron chi connectivity index (χ4n) is 5.09. The summed E-state index contributed by atoms with van der Waals surface area (Å²) in [6, 6.07) is 6.53. The highest BCUT2D eigenvalue weighted by Gasteiger charge is 2.31. The van der Waals surface area contributed by atoms with Crippen LogP contribution in [0.5, 0.6) is 11.5 Å². The summed E-state index contributed by atoms with van der Waals surface area (Å²) in [4.78, 5) is 12.2. The van der Waals surface area contributed by atoms with Crippen molar-refractivity contribution in [1.82, 2.24) is 0 Å². The van der Waals surface area contributed by atoms with Crippen LogP contribution in [-0.2, 0) is 0 Å². The van der Waals surface area contributed by atoms with Gasteiger partial charge >= 0.3 is 5.97 Å². The van der Waals surface area contributed by atoms with Crippen LogP contribution in [0.15, 0.2) is 36.4 Å². The van der Waals surface area contributed by atoms with Crippen LogP contribution >= 0.6 is 0 Å². The monoisotopic (exact) mass is 552 g/mol. The number of rotatable bonds is 7. The van der Waals surface area contributed by atoms with Crippen molar-refractivity contribution in [3.05, 3.63) is 93.6 Å². The maximum absolute atomic E-state index is 14.9. The SMILES string of the molecule is CCCC(O)c1ccc(C2CCC(c3ccc(OC(=O)c4ccc(O)c(F)c4F)c(F)c3F)CC2)c(F)c1F. The molecule has 0 heterocycles. The van der Waals surface area contributed by atoms with Gasteiger partial charge in [-0.2, -0.15) is 8.78 Å². The number of benzene rings is 3. The molecule has 1 unspecified atom stereocenters. The second-order valence-corrected chi connectivity index (χ2v) is 9.66. The lowest BCUT2D eigenvalue weighted by atomic mass is 9.75. The number of hydrogen-bond donors (Lipinski definition) is 2. The van der Waals surface area contributed by atoms with Crippen LogP contribution in [-0.4, -0.2) is 16.2 Å².